The Bertz CT molecular complexity index is 237. The summed E-state index contributed by atoms with van der Waals surface area (Å²) in [5, 5.41) is 3.03. The largest absolute Gasteiger partial charge is 0.370 e. The Balaban J connectivity index is 1.70. The molecule has 0 bridgehead atoms. The Kier molecular flexibility index (Phi) is 3.26. The van der Waals surface area contributed by atoms with Crippen LogP contribution < -0.4 is 11.1 Å². The maximum Gasteiger partial charge on any atom is 0.231 e. The summed E-state index contributed by atoms with van der Waals surface area (Å²) in [5.74, 6) is -0.302. The molecule has 4 heteroatoms. The summed E-state index contributed by atoms with van der Waals surface area (Å²) in [6, 6.07) is 0. The number of rotatable bonds is 4. The second-order valence-corrected chi connectivity index (χ2v) is 4.77. The standard InChI is InChI=1S/C11H20N2O2/c12-10(14)8-13-7-9-3-6-11(15-9)4-1-2-5-11/h9,13H,1-8H2,(H2,12,14). The molecule has 1 aliphatic heterocycles. The van der Waals surface area contributed by atoms with E-state index in [0.29, 0.717) is 0 Å². The average molecular weight is 212 g/mol. The molecule has 0 aromatic rings. The lowest BCUT2D eigenvalue weighted by Crippen LogP contribution is -2.35. The zero-order chi connectivity index (χ0) is 10.7. The summed E-state index contributed by atoms with van der Waals surface area (Å²) < 4.78 is 6.08. The Morgan fingerprint density at radius 3 is 2.80 bits per heavy atom. The van der Waals surface area contributed by atoms with Crippen molar-refractivity contribution in [2.24, 2.45) is 5.73 Å². The molecule has 86 valence electrons. The van der Waals surface area contributed by atoms with E-state index < -0.39 is 0 Å². The second-order valence-electron chi connectivity index (χ2n) is 4.77. The lowest BCUT2D eigenvalue weighted by atomic mass is 9.98. The highest BCUT2D eigenvalue weighted by molar-refractivity contribution is 5.75. The van der Waals surface area contributed by atoms with E-state index in [4.69, 9.17) is 10.5 Å². The molecule has 1 unspecified atom stereocenters. The Labute approximate surface area is 90.5 Å². The van der Waals surface area contributed by atoms with Crippen LogP contribution in [0.15, 0.2) is 0 Å². The molecule has 2 aliphatic rings. The van der Waals surface area contributed by atoms with Gasteiger partial charge in [-0.15, -0.1) is 0 Å². The molecule has 15 heavy (non-hydrogen) atoms. The SMILES string of the molecule is NC(=O)CNCC1CCC2(CCCC2)O1. The molecule has 0 aromatic heterocycles. The summed E-state index contributed by atoms with van der Waals surface area (Å²) in [6.07, 6.45) is 7.64. The number of carbonyl (C=O) groups is 1. The lowest BCUT2D eigenvalue weighted by Gasteiger charge is -2.23. The van der Waals surface area contributed by atoms with Crippen LogP contribution >= 0.6 is 0 Å². The van der Waals surface area contributed by atoms with Gasteiger partial charge in [0.25, 0.3) is 0 Å². The number of hydrogen-bond donors (Lipinski definition) is 2. The van der Waals surface area contributed by atoms with Crippen LogP contribution in [0.3, 0.4) is 0 Å². The molecular formula is C11H20N2O2. The maximum absolute atomic E-state index is 10.5. The number of carbonyl (C=O) groups excluding carboxylic acids is 1. The predicted octanol–water partition coefficient (Wildman–Crippen LogP) is 0.553. The van der Waals surface area contributed by atoms with Crippen molar-refractivity contribution < 1.29 is 9.53 Å². The summed E-state index contributed by atoms with van der Waals surface area (Å²) in [7, 11) is 0. The second kappa shape index (κ2) is 4.49. The zero-order valence-electron chi connectivity index (χ0n) is 9.13. The van der Waals surface area contributed by atoms with Crippen LogP contribution in [0.2, 0.25) is 0 Å². The summed E-state index contributed by atoms with van der Waals surface area (Å²) in [5.41, 5.74) is 5.24. The molecule has 1 saturated heterocycles. The third-order valence-electron chi connectivity index (χ3n) is 3.52. The van der Waals surface area contributed by atoms with Gasteiger partial charge in [0.05, 0.1) is 18.2 Å². The highest BCUT2D eigenvalue weighted by atomic mass is 16.5. The highest BCUT2D eigenvalue weighted by Crippen LogP contribution is 2.42. The molecule has 0 aromatic carbocycles. The minimum atomic E-state index is -0.302. The van der Waals surface area contributed by atoms with E-state index in [9.17, 15) is 4.79 Å². The number of nitrogens with one attached hydrogen (secondary N) is 1. The van der Waals surface area contributed by atoms with Gasteiger partial charge in [0.2, 0.25) is 5.91 Å². The smallest absolute Gasteiger partial charge is 0.231 e. The molecule has 1 heterocycles. The first-order valence-electron chi connectivity index (χ1n) is 5.87. The van der Waals surface area contributed by atoms with E-state index in [1.807, 2.05) is 0 Å². The number of nitrogens with two attached hydrogens (primary N) is 1. The quantitative estimate of drug-likeness (QED) is 0.715. The van der Waals surface area contributed by atoms with Crippen molar-refractivity contribution in [1.29, 1.82) is 0 Å². The van der Waals surface area contributed by atoms with Gasteiger partial charge in [-0.3, -0.25) is 4.79 Å². The monoisotopic (exact) mass is 212 g/mol. The van der Waals surface area contributed by atoms with Crippen molar-refractivity contribution in [2.45, 2.75) is 50.2 Å². The van der Waals surface area contributed by atoms with Gasteiger partial charge in [0.15, 0.2) is 0 Å². The van der Waals surface area contributed by atoms with Gasteiger partial charge in [0, 0.05) is 6.54 Å². The van der Waals surface area contributed by atoms with Gasteiger partial charge in [-0.2, -0.15) is 0 Å². The number of hydrogen-bond acceptors (Lipinski definition) is 3. The van der Waals surface area contributed by atoms with E-state index in [0.717, 1.165) is 13.0 Å². The molecule has 3 N–H and O–H groups in total. The van der Waals surface area contributed by atoms with Crippen LogP contribution in [0.4, 0.5) is 0 Å². The first-order valence-corrected chi connectivity index (χ1v) is 5.87. The van der Waals surface area contributed by atoms with Crippen molar-refractivity contribution in [1.82, 2.24) is 5.32 Å². The van der Waals surface area contributed by atoms with Gasteiger partial charge in [-0.25, -0.2) is 0 Å². The Morgan fingerprint density at radius 2 is 2.13 bits per heavy atom. The van der Waals surface area contributed by atoms with E-state index in [1.54, 1.807) is 0 Å². The van der Waals surface area contributed by atoms with Gasteiger partial charge in [-0.1, -0.05) is 12.8 Å². The van der Waals surface area contributed by atoms with Crippen LogP contribution in [0.5, 0.6) is 0 Å². The minimum Gasteiger partial charge on any atom is -0.370 e. The van der Waals surface area contributed by atoms with Crippen molar-refractivity contribution in [2.75, 3.05) is 13.1 Å². The van der Waals surface area contributed by atoms with Crippen molar-refractivity contribution in [3.63, 3.8) is 0 Å². The molecule has 1 atom stereocenters. The topological polar surface area (TPSA) is 64.4 Å². The summed E-state index contributed by atoms with van der Waals surface area (Å²) in [4.78, 5) is 10.5. The predicted molar refractivity (Wildman–Crippen MR) is 57.4 cm³/mol. The van der Waals surface area contributed by atoms with Crippen molar-refractivity contribution >= 4 is 5.91 Å². The Morgan fingerprint density at radius 1 is 1.40 bits per heavy atom. The first-order chi connectivity index (χ1) is 7.20. The van der Waals surface area contributed by atoms with Crippen molar-refractivity contribution in [3.8, 4) is 0 Å². The van der Waals surface area contributed by atoms with Crippen LogP contribution in [0, 0.1) is 0 Å². The van der Waals surface area contributed by atoms with Crippen molar-refractivity contribution in [3.05, 3.63) is 0 Å². The number of ether oxygens (including phenoxy) is 1. The van der Waals surface area contributed by atoms with Crippen LogP contribution in [0.25, 0.3) is 0 Å². The molecule has 1 saturated carbocycles. The molecule has 4 nitrogen and oxygen atoms in total. The van der Waals surface area contributed by atoms with Gasteiger partial charge in [0.1, 0.15) is 0 Å². The maximum atomic E-state index is 10.5. The Hall–Kier alpha value is -0.610. The minimum absolute atomic E-state index is 0.194. The van der Waals surface area contributed by atoms with E-state index in [-0.39, 0.29) is 24.2 Å². The molecule has 0 radical (unpaired) electrons. The number of amides is 1. The van der Waals surface area contributed by atoms with E-state index in [1.165, 1.54) is 32.1 Å². The van der Waals surface area contributed by atoms with E-state index in [2.05, 4.69) is 5.32 Å². The zero-order valence-corrected chi connectivity index (χ0v) is 9.13. The fourth-order valence-electron chi connectivity index (χ4n) is 2.78. The van der Waals surface area contributed by atoms with Gasteiger partial charge in [-0.05, 0) is 25.7 Å². The first kappa shape index (κ1) is 10.9. The molecule has 1 spiro atoms. The van der Waals surface area contributed by atoms with Crippen LogP contribution in [-0.4, -0.2) is 30.7 Å². The van der Waals surface area contributed by atoms with Crippen LogP contribution in [0.1, 0.15) is 38.5 Å². The fraction of sp³-hybridized carbons (Fsp3) is 0.909. The van der Waals surface area contributed by atoms with Gasteiger partial charge >= 0.3 is 0 Å². The van der Waals surface area contributed by atoms with Gasteiger partial charge < -0.3 is 15.8 Å². The third kappa shape index (κ3) is 2.69. The third-order valence-corrected chi connectivity index (χ3v) is 3.52. The molecule has 2 fully saturated rings. The van der Waals surface area contributed by atoms with Crippen LogP contribution in [-0.2, 0) is 9.53 Å². The summed E-state index contributed by atoms with van der Waals surface area (Å²) in [6.45, 7) is 1.01. The molecular weight excluding hydrogens is 192 g/mol. The molecule has 1 amide bonds. The average Bonchev–Trinajstić information content (AvgIpc) is 2.78. The summed E-state index contributed by atoms with van der Waals surface area (Å²) >= 11 is 0. The van der Waals surface area contributed by atoms with E-state index >= 15 is 0 Å². The molecule has 2 rings (SSSR count). The normalized spacial score (nSPS) is 28.7. The highest BCUT2D eigenvalue weighted by Gasteiger charge is 2.41. The number of primary amides is 1. The lowest BCUT2D eigenvalue weighted by molar-refractivity contribution is -0.117. The molecule has 1 aliphatic carbocycles. The fourth-order valence-corrected chi connectivity index (χ4v) is 2.78.